The summed E-state index contributed by atoms with van der Waals surface area (Å²) in [6.07, 6.45) is 5.80. The van der Waals surface area contributed by atoms with Crippen molar-refractivity contribution in [3.05, 3.63) is 39.4 Å². The van der Waals surface area contributed by atoms with Crippen LogP contribution < -0.4 is 5.32 Å². The Morgan fingerprint density at radius 2 is 2.45 bits per heavy atom. The Morgan fingerprint density at radius 3 is 3.20 bits per heavy atom. The summed E-state index contributed by atoms with van der Waals surface area (Å²) in [5.74, 6) is 0.922. The lowest BCUT2D eigenvalue weighted by atomic mass is 10.1. The molecule has 0 saturated carbocycles. The summed E-state index contributed by atoms with van der Waals surface area (Å²) in [6, 6.07) is 4.61. The lowest BCUT2D eigenvalue weighted by molar-refractivity contribution is 0.210. The zero-order valence-corrected chi connectivity index (χ0v) is 13.5. The molecule has 3 rings (SSSR count). The highest BCUT2D eigenvalue weighted by molar-refractivity contribution is 9.10. The van der Waals surface area contributed by atoms with Crippen LogP contribution in [0.1, 0.15) is 17.7 Å². The van der Waals surface area contributed by atoms with E-state index in [-0.39, 0.29) is 0 Å². The van der Waals surface area contributed by atoms with E-state index in [1.54, 1.807) is 12.5 Å². The Labute approximate surface area is 131 Å². The molecule has 0 amide bonds. The molecule has 3 heterocycles. The first-order valence-corrected chi connectivity index (χ1v) is 8.45. The summed E-state index contributed by atoms with van der Waals surface area (Å²) in [4.78, 5) is 12.1. The van der Waals surface area contributed by atoms with Crippen molar-refractivity contribution < 1.29 is 0 Å². The number of halogens is 1. The molecule has 0 spiro atoms. The second-order valence-corrected chi connectivity index (χ2v) is 6.96. The molecular weight excluding hydrogens is 336 g/mol. The monoisotopic (exact) mass is 352 g/mol. The first-order chi connectivity index (χ1) is 9.79. The molecule has 2 aromatic rings. The maximum Gasteiger partial charge on any atom is 0.129 e. The van der Waals surface area contributed by atoms with E-state index < -0.39 is 0 Å². The van der Waals surface area contributed by atoms with Crippen LogP contribution >= 0.6 is 27.3 Å². The third-order valence-electron chi connectivity index (χ3n) is 3.44. The summed E-state index contributed by atoms with van der Waals surface area (Å²) in [5.41, 5.74) is 0. The third-order valence-corrected chi connectivity index (χ3v) is 5.12. The SMILES string of the molecule is Brc1csc(CN2CCCC(Nc3ccncn3)C2)c1. The van der Waals surface area contributed by atoms with Crippen molar-refractivity contribution in [1.29, 1.82) is 0 Å². The van der Waals surface area contributed by atoms with E-state index in [9.17, 15) is 0 Å². The number of nitrogens with one attached hydrogen (secondary N) is 1. The summed E-state index contributed by atoms with van der Waals surface area (Å²) in [6.45, 7) is 3.29. The lowest BCUT2D eigenvalue weighted by Gasteiger charge is -2.33. The van der Waals surface area contributed by atoms with Gasteiger partial charge in [0.25, 0.3) is 0 Å². The highest BCUT2D eigenvalue weighted by Gasteiger charge is 2.20. The molecule has 1 aliphatic heterocycles. The standard InChI is InChI=1S/C14H17BrN4S/c15-11-6-13(20-9-11)8-19-5-1-2-12(7-19)18-14-3-4-16-10-17-14/h3-4,6,9-10,12H,1-2,5,7-8H2,(H,16,17,18). The van der Waals surface area contributed by atoms with Crippen molar-refractivity contribution in [2.45, 2.75) is 25.4 Å². The fourth-order valence-electron chi connectivity index (χ4n) is 2.56. The van der Waals surface area contributed by atoms with Crippen LogP contribution in [0.4, 0.5) is 5.82 Å². The van der Waals surface area contributed by atoms with Crippen molar-refractivity contribution in [2.75, 3.05) is 18.4 Å². The molecule has 1 saturated heterocycles. The zero-order chi connectivity index (χ0) is 13.8. The third kappa shape index (κ3) is 3.77. The largest absolute Gasteiger partial charge is 0.366 e. The van der Waals surface area contributed by atoms with E-state index in [2.05, 4.69) is 47.6 Å². The maximum absolute atomic E-state index is 4.24. The minimum absolute atomic E-state index is 0.474. The number of rotatable bonds is 4. The molecule has 0 aromatic carbocycles. The van der Waals surface area contributed by atoms with Gasteiger partial charge in [-0.1, -0.05) is 0 Å². The summed E-state index contributed by atoms with van der Waals surface area (Å²) in [5, 5.41) is 5.65. The number of likely N-dealkylation sites (tertiary alicyclic amines) is 1. The van der Waals surface area contributed by atoms with E-state index in [0.717, 1.165) is 18.9 Å². The summed E-state index contributed by atoms with van der Waals surface area (Å²) >= 11 is 5.34. The van der Waals surface area contributed by atoms with Crippen LogP contribution in [0.2, 0.25) is 0 Å². The maximum atomic E-state index is 4.24. The molecule has 1 unspecified atom stereocenters. The Balaban J connectivity index is 1.56. The van der Waals surface area contributed by atoms with Gasteiger partial charge in [-0.15, -0.1) is 11.3 Å². The second-order valence-electron chi connectivity index (χ2n) is 5.04. The van der Waals surface area contributed by atoms with Crippen LogP contribution in [0.15, 0.2) is 34.5 Å². The highest BCUT2D eigenvalue weighted by Crippen LogP contribution is 2.23. The molecule has 1 fully saturated rings. The molecule has 1 aliphatic rings. The molecule has 1 atom stereocenters. The van der Waals surface area contributed by atoms with Gasteiger partial charge >= 0.3 is 0 Å². The van der Waals surface area contributed by atoms with Crippen LogP contribution in [0.25, 0.3) is 0 Å². The Kier molecular flexibility index (Phi) is 4.65. The fraction of sp³-hybridized carbons (Fsp3) is 0.429. The normalized spacial score (nSPS) is 19.9. The van der Waals surface area contributed by atoms with E-state index in [0.29, 0.717) is 6.04 Å². The van der Waals surface area contributed by atoms with Gasteiger partial charge in [-0.2, -0.15) is 0 Å². The Bertz CT molecular complexity index is 545. The number of thiophene rings is 1. The van der Waals surface area contributed by atoms with Gasteiger partial charge < -0.3 is 5.32 Å². The first-order valence-electron chi connectivity index (χ1n) is 6.77. The van der Waals surface area contributed by atoms with E-state index >= 15 is 0 Å². The smallest absolute Gasteiger partial charge is 0.129 e. The van der Waals surface area contributed by atoms with Crippen molar-refractivity contribution in [2.24, 2.45) is 0 Å². The van der Waals surface area contributed by atoms with Crippen molar-refractivity contribution in [3.63, 3.8) is 0 Å². The van der Waals surface area contributed by atoms with Gasteiger partial charge in [-0.05, 0) is 47.4 Å². The van der Waals surface area contributed by atoms with Gasteiger partial charge in [-0.25, -0.2) is 9.97 Å². The molecule has 2 aromatic heterocycles. The topological polar surface area (TPSA) is 41.0 Å². The average Bonchev–Trinajstić information content (AvgIpc) is 2.86. The van der Waals surface area contributed by atoms with Gasteiger partial charge in [-0.3, -0.25) is 4.90 Å². The summed E-state index contributed by atoms with van der Waals surface area (Å²) in [7, 11) is 0. The molecular formula is C14H17BrN4S. The lowest BCUT2D eigenvalue weighted by Crippen LogP contribution is -2.41. The minimum Gasteiger partial charge on any atom is -0.366 e. The molecule has 20 heavy (non-hydrogen) atoms. The first kappa shape index (κ1) is 14.0. The number of piperidine rings is 1. The van der Waals surface area contributed by atoms with Crippen LogP contribution in [-0.2, 0) is 6.54 Å². The quantitative estimate of drug-likeness (QED) is 0.915. The highest BCUT2D eigenvalue weighted by atomic mass is 79.9. The molecule has 0 radical (unpaired) electrons. The summed E-state index contributed by atoms with van der Waals surface area (Å²) < 4.78 is 1.19. The average molecular weight is 353 g/mol. The minimum atomic E-state index is 0.474. The predicted molar refractivity (Wildman–Crippen MR) is 86.0 cm³/mol. The number of nitrogens with zero attached hydrogens (tertiary/aromatic N) is 3. The number of anilines is 1. The van der Waals surface area contributed by atoms with Crippen molar-refractivity contribution in [3.8, 4) is 0 Å². The molecule has 106 valence electrons. The predicted octanol–water partition coefficient (Wildman–Crippen LogP) is 3.38. The van der Waals surface area contributed by atoms with Crippen molar-refractivity contribution >= 4 is 33.1 Å². The van der Waals surface area contributed by atoms with Crippen LogP contribution in [0.3, 0.4) is 0 Å². The second kappa shape index (κ2) is 6.65. The van der Waals surface area contributed by atoms with Crippen LogP contribution in [0.5, 0.6) is 0 Å². The Hall–Kier alpha value is -0.980. The van der Waals surface area contributed by atoms with Gasteiger partial charge in [0.1, 0.15) is 12.1 Å². The van der Waals surface area contributed by atoms with E-state index in [1.807, 2.05) is 17.4 Å². The zero-order valence-electron chi connectivity index (χ0n) is 11.1. The molecule has 6 heteroatoms. The number of hydrogen-bond donors (Lipinski definition) is 1. The Morgan fingerprint density at radius 1 is 1.50 bits per heavy atom. The molecule has 4 nitrogen and oxygen atoms in total. The van der Waals surface area contributed by atoms with Gasteiger partial charge in [0.15, 0.2) is 0 Å². The molecule has 0 aliphatic carbocycles. The number of hydrogen-bond acceptors (Lipinski definition) is 5. The van der Waals surface area contributed by atoms with Gasteiger partial charge in [0.05, 0.1) is 0 Å². The van der Waals surface area contributed by atoms with Crippen LogP contribution in [-0.4, -0.2) is 34.0 Å². The van der Waals surface area contributed by atoms with E-state index in [4.69, 9.17) is 0 Å². The van der Waals surface area contributed by atoms with Gasteiger partial charge in [0.2, 0.25) is 0 Å². The van der Waals surface area contributed by atoms with Crippen LogP contribution in [0, 0.1) is 0 Å². The van der Waals surface area contributed by atoms with Crippen molar-refractivity contribution in [1.82, 2.24) is 14.9 Å². The van der Waals surface area contributed by atoms with E-state index in [1.165, 1.54) is 28.7 Å². The molecule has 0 bridgehead atoms. The van der Waals surface area contributed by atoms with Gasteiger partial charge in [0, 0.05) is 40.1 Å². The number of aromatic nitrogens is 2. The fourth-order valence-corrected chi connectivity index (χ4v) is 4.05. The molecule has 1 N–H and O–H groups in total.